The zero-order valence-corrected chi connectivity index (χ0v) is 15.2. The summed E-state index contributed by atoms with van der Waals surface area (Å²) < 4.78 is 0. The molecule has 0 N–H and O–H groups in total. The van der Waals surface area contributed by atoms with Gasteiger partial charge in [-0.2, -0.15) is 5.26 Å². The number of nitriles is 1. The van der Waals surface area contributed by atoms with Crippen molar-refractivity contribution in [2.45, 2.75) is 58.4 Å². The highest BCUT2D eigenvalue weighted by atomic mass is 16.2. The molecule has 24 heavy (non-hydrogen) atoms. The Morgan fingerprint density at radius 1 is 1.00 bits per heavy atom. The van der Waals surface area contributed by atoms with Gasteiger partial charge in [-0.25, -0.2) is 0 Å². The monoisotopic (exact) mass is 329 g/mol. The number of carbonyl (C=O) groups is 1. The minimum absolute atomic E-state index is 0.0103. The topological polar surface area (TPSA) is 47.3 Å². The fourth-order valence-electron chi connectivity index (χ4n) is 6.56. The van der Waals surface area contributed by atoms with Gasteiger partial charge < -0.3 is 4.90 Å². The van der Waals surface area contributed by atoms with E-state index in [9.17, 15) is 10.1 Å². The molecule has 0 aromatic heterocycles. The predicted octanol–water partition coefficient (Wildman–Crippen LogP) is 2.90. The average molecular weight is 329 g/mol. The Balaban J connectivity index is 1.41. The van der Waals surface area contributed by atoms with Crippen molar-refractivity contribution in [2.24, 2.45) is 29.1 Å². The lowest BCUT2D eigenvalue weighted by atomic mass is 9.49. The third-order valence-electron chi connectivity index (χ3n) is 7.25. The first-order valence-corrected chi connectivity index (χ1v) is 9.94. The van der Waals surface area contributed by atoms with Gasteiger partial charge in [0, 0.05) is 26.2 Å². The fourth-order valence-corrected chi connectivity index (χ4v) is 6.56. The molecule has 5 aliphatic rings. The van der Waals surface area contributed by atoms with Crippen molar-refractivity contribution in [3.8, 4) is 6.07 Å². The predicted molar refractivity (Wildman–Crippen MR) is 93.0 cm³/mol. The largest absolute Gasteiger partial charge is 0.340 e. The van der Waals surface area contributed by atoms with Crippen LogP contribution >= 0.6 is 0 Å². The Morgan fingerprint density at radius 3 is 1.92 bits per heavy atom. The lowest BCUT2D eigenvalue weighted by Crippen LogP contribution is -2.59. The van der Waals surface area contributed by atoms with Crippen molar-refractivity contribution in [2.75, 3.05) is 26.2 Å². The average Bonchev–Trinajstić information content (AvgIpc) is 2.54. The molecule has 5 fully saturated rings. The standard InChI is InChI=1S/C20H31N3O/c1-14(2)18(13-21)22-3-5-23(6-4-22)19(24)20-10-15-7-16(11-20)9-17(8-15)12-20/h14-18H,3-12H2,1-2H3. The smallest absolute Gasteiger partial charge is 0.228 e. The number of hydrogen-bond donors (Lipinski definition) is 0. The third-order valence-corrected chi connectivity index (χ3v) is 7.25. The summed E-state index contributed by atoms with van der Waals surface area (Å²) in [6.45, 7) is 7.56. The Kier molecular flexibility index (Phi) is 4.11. The highest BCUT2D eigenvalue weighted by molar-refractivity contribution is 5.83. The fraction of sp³-hybridized carbons (Fsp3) is 0.900. The molecule has 132 valence electrons. The molecule has 1 saturated heterocycles. The second-order valence-corrected chi connectivity index (χ2v) is 9.34. The summed E-state index contributed by atoms with van der Waals surface area (Å²) in [5.74, 6) is 3.28. The van der Waals surface area contributed by atoms with E-state index in [2.05, 4.69) is 29.7 Å². The first-order chi connectivity index (χ1) is 11.5. The van der Waals surface area contributed by atoms with Crippen molar-refractivity contribution < 1.29 is 4.79 Å². The number of nitrogens with zero attached hydrogens (tertiary/aromatic N) is 3. The molecule has 1 amide bonds. The molecule has 1 atom stereocenters. The van der Waals surface area contributed by atoms with Gasteiger partial charge in [0.15, 0.2) is 0 Å². The minimum Gasteiger partial charge on any atom is -0.340 e. The van der Waals surface area contributed by atoms with E-state index in [1.807, 2.05) is 0 Å². The van der Waals surface area contributed by atoms with Crippen LogP contribution in [0, 0.1) is 40.4 Å². The number of amides is 1. The molecule has 1 unspecified atom stereocenters. The van der Waals surface area contributed by atoms with Crippen LogP contribution in [-0.4, -0.2) is 47.9 Å². The molecule has 4 aliphatic carbocycles. The third kappa shape index (κ3) is 2.65. The molecule has 0 aromatic rings. The van der Waals surface area contributed by atoms with Crippen molar-refractivity contribution in [1.29, 1.82) is 5.26 Å². The van der Waals surface area contributed by atoms with Crippen LogP contribution < -0.4 is 0 Å². The molecule has 0 radical (unpaired) electrons. The normalized spacial score (nSPS) is 39.9. The zero-order valence-electron chi connectivity index (χ0n) is 15.2. The molecule has 4 bridgehead atoms. The lowest BCUT2D eigenvalue weighted by Gasteiger charge is -2.57. The van der Waals surface area contributed by atoms with Crippen LogP contribution in [0.15, 0.2) is 0 Å². The van der Waals surface area contributed by atoms with Crippen LogP contribution in [-0.2, 0) is 4.79 Å². The van der Waals surface area contributed by atoms with Crippen LogP contribution in [0.5, 0.6) is 0 Å². The van der Waals surface area contributed by atoms with Crippen molar-refractivity contribution >= 4 is 5.91 Å². The van der Waals surface area contributed by atoms with E-state index < -0.39 is 0 Å². The van der Waals surface area contributed by atoms with Gasteiger partial charge in [-0.05, 0) is 62.2 Å². The lowest BCUT2D eigenvalue weighted by molar-refractivity contribution is -0.159. The van der Waals surface area contributed by atoms with Crippen LogP contribution in [0.3, 0.4) is 0 Å². The van der Waals surface area contributed by atoms with Gasteiger partial charge in [-0.3, -0.25) is 9.69 Å². The first-order valence-electron chi connectivity index (χ1n) is 9.94. The summed E-state index contributed by atoms with van der Waals surface area (Å²) in [6, 6.07) is 2.43. The van der Waals surface area contributed by atoms with E-state index in [4.69, 9.17) is 0 Å². The summed E-state index contributed by atoms with van der Waals surface area (Å²) >= 11 is 0. The van der Waals surface area contributed by atoms with Gasteiger partial charge in [0.2, 0.25) is 5.91 Å². The second-order valence-electron chi connectivity index (χ2n) is 9.34. The second kappa shape index (κ2) is 6.02. The van der Waals surface area contributed by atoms with E-state index in [1.54, 1.807) is 0 Å². The number of piperazine rings is 1. The summed E-state index contributed by atoms with van der Waals surface area (Å²) in [4.78, 5) is 17.8. The van der Waals surface area contributed by atoms with Crippen molar-refractivity contribution in [3.05, 3.63) is 0 Å². The Labute approximate surface area is 146 Å². The quantitative estimate of drug-likeness (QED) is 0.800. The van der Waals surface area contributed by atoms with E-state index in [0.29, 0.717) is 11.8 Å². The first kappa shape index (κ1) is 16.4. The molecule has 5 rings (SSSR count). The zero-order chi connectivity index (χ0) is 16.9. The molecule has 0 spiro atoms. The van der Waals surface area contributed by atoms with Gasteiger partial charge >= 0.3 is 0 Å². The SMILES string of the molecule is CC(C)C(C#N)N1CCN(C(=O)C23CC4CC(CC(C4)C2)C3)CC1. The number of carbonyl (C=O) groups excluding carboxylic acids is 1. The molecule has 4 heteroatoms. The van der Waals surface area contributed by atoms with Gasteiger partial charge in [0.25, 0.3) is 0 Å². The highest BCUT2D eigenvalue weighted by Gasteiger charge is 2.55. The maximum atomic E-state index is 13.4. The Morgan fingerprint density at radius 2 is 1.50 bits per heavy atom. The van der Waals surface area contributed by atoms with E-state index in [0.717, 1.165) is 63.2 Å². The Hall–Kier alpha value is -1.08. The number of hydrogen-bond acceptors (Lipinski definition) is 3. The van der Waals surface area contributed by atoms with Gasteiger partial charge in [0.1, 0.15) is 6.04 Å². The van der Waals surface area contributed by atoms with Gasteiger partial charge in [0.05, 0.1) is 11.5 Å². The molecule has 1 aliphatic heterocycles. The Bertz CT molecular complexity index is 506. The van der Waals surface area contributed by atoms with Crippen LogP contribution in [0.1, 0.15) is 52.4 Å². The van der Waals surface area contributed by atoms with Gasteiger partial charge in [-0.1, -0.05) is 13.8 Å². The number of rotatable bonds is 3. The van der Waals surface area contributed by atoms with Crippen LogP contribution in [0.4, 0.5) is 0 Å². The van der Waals surface area contributed by atoms with Gasteiger partial charge in [-0.15, -0.1) is 0 Å². The summed E-state index contributed by atoms with van der Waals surface area (Å²) in [6.07, 6.45) is 7.64. The molecular weight excluding hydrogens is 298 g/mol. The summed E-state index contributed by atoms with van der Waals surface area (Å²) in [5.41, 5.74) is -0.0103. The van der Waals surface area contributed by atoms with Crippen LogP contribution in [0.2, 0.25) is 0 Å². The molecule has 0 aromatic carbocycles. The van der Waals surface area contributed by atoms with E-state index in [1.165, 1.54) is 19.3 Å². The molecule has 4 saturated carbocycles. The van der Waals surface area contributed by atoms with Crippen molar-refractivity contribution in [3.63, 3.8) is 0 Å². The van der Waals surface area contributed by atoms with Crippen molar-refractivity contribution in [1.82, 2.24) is 9.80 Å². The minimum atomic E-state index is -0.0122. The van der Waals surface area contributed by atoms with E-state index >= 15 is 0 Å². The maximum Gasteiger partial charge on any atom is 0.228 e. The maximum absolute atomic E-state index is 13.4. The molecular formula is C20H31N3O. The summed E-state index contributed by atoms with van der Waals surface area (Å²) in [7, 11) is 0. The summed E-state index contributed by atoms with van der Waals surface area (Å²) in [5, 5.41) is 9.41. The van der Waals surface area contributed by atoms with E-state index in [-0.39, 0.29) is 11.5 Å². The molecule has 4 nitrogen and oxygen atoms in total. The highest BCUT2D eigenvalue weighted by Crippen LogP contribution is 2.60. The van der Waals surface area contributed by atoms with Crippen LogP contribution in [0.25, 0.3) is 0 Å². The molecule has 1 heterocycles.